The van der Waals surface area contributed by atoms with E-state index in [0.717, 1.165) is 0 Å². The summed E-state index contributed by atoms with van der Waals surface area (Å²) in [4.78, 5) is 0. The van der Waals surface area contributed by atoms with Gasteiger partial charge in [0.15, 0.2) is 11.5 Å². The summed E-state index contributed by atoms with van der Waals surface area (Å²) in [5, 5.41) is 0. The highest BCUT2D eigenvalue weighted by molar-refractivity contribution is 6.55. The molecule has 0 atom stereocenters. The molecule has 0 amide bonds. The van der Waals surface area contributed by atoms with Crippen molar-refractivity contribution in [2.75, 3.05) is 93.5 Å². The van der Waals surface area contributed by atoms with E-state index >= 15 is 0 Å². The molecule has 0 aliphatic carbocycles. The monoisotopic (exact) mass is 703 g/mol. The van der Waals surface area contributed by atoms with Gasteiger partial charge in [0.25, 0.3) is 0 Å². The second-order valence-electron chi connectivity index (χ2n) is 8.79. The fourth-order valence-corrected chi connectivity index (χ4v) is 3.30. The minimum atomic E-state index is -4.72. The topological polar surface area (TPSA) is 92.3 Å². The Bertz CT molecular complexity index is 1130. The molecule has 10 nitrogen and oxygen atoms in total. The third-order valence-electron chi connectivity index (χ3n) is 5.57. The Morgan fingerprint density at radius 3 is 0.851 bits per heavy atom. The molecular formula is C26H30BF10O10-. The molecule has 2 rings (SSSR count). The summed E-state index contributed by atoms with van der Waals surface area (Å²) < 4.78 is 192. The van der Waals surface area contributed by atoms with E-state index < -0.39 is 103 Å². The van der Waals surface area contributed by atoms with Crippen molar-refractivity contribution in [3.05, 3.63) is 58.2 Å². The van der Waals surface area contributed by atoms with E-state index in [1.54, 1.807) is 0 Å². The fraction of sp³-hybridized carbons (Fsp3) is 0.538. The molecule has 0 radical (unpaired) electrons. The first-order valence-corrected chi connectivity index (χ1v) is 13.5. The maximum atomic E-state index is 14.6. The third kappa shape index (κ3) is 11.6. The fourth-order valence-electron chi connectivity index (χ4n) is 3.30. The molecule has 0 saturated heterocycles. The lowest BCUT2D eigenvalue weighted by molar-refractivity contribution is -0.0212. The second kappa shape index (κ2) is 20.5. The van der Waals surface area contributed by atoms with Crippen LogP contribution in [0.5, 0.6) is 11.5 Å². The van der Waals surface area contributed by atoms with Gasteiger partial charge >= 0.3 is 6.96 Å². The van der Waals surface area contributed by atoms with Crippen molar-refractivity contribution in [2.24, 2.45) is 0 Å². The summed E-state index contributed by atoms with van der Waals surface area (Å²) in [6, 6.07) is 0. The quantitative estimate of drug-likeness (QED) is 0.0517. The highest BCUT2D eigenvalue weighted by atomic mass is 19.2. The first-order valence-electron chi connectivity index (χ1n) is 13.5. The van der Waals surface area contributed by atoms with Gasteiger partial charge in [-0.25, -0.2) is 26.3 Å². The first kappa shape index (κ1) is 40.3. The summed E-state index contributed by atoms with van der Waals surface area (Å²) >= 11 is 0. The van der Waals surface area contributed by atoms with E-state index in [9.17, 15) is 43.9 Å². The van der Waals surface area contributed by atoms with Crippen LogP contribution in [0.1, 0.15) is 0 Å². The first-order chi connectivity index (χ1) is 22.4. The van der Waals surface area contributed by atoms with Crippen LogP contribution >= 0.6 is 0 Å². The van der Waals surface area contributed by atoms with E-state index in [1.165, 1.54) is 14.2 Å². The highest BCUT2D eigenvalue weighted by Crippen LogP contribution is 2.35. The van der Waals surface area contributed by atoms with E-state index in [-0.39, 0.29) is 52.9 Å². The van der Waals surface area contributed by atoms with Gasteiger partial charge in [-0.1, -0.05) is 0 Å². The van der Waals surface area contributed by atoms with Gasteiger partial charge in [0.2, 0.25) is 58.2 Å². The van der Waals surface area contributed by atoms with Crippen molar-refractivity contribution < 1.29 is 90.9 Å². The lowest BCUT2D eigenvalue weighted by Crippen LogP contribution is -2.56. The number of methoxy groups -OCH3 is 2. The Balaban J connectivity index is 2.42. The number of ether oxygens (including phenoxy) is 6. The second-order valence-corrected chi connectivity index (χ2v) is 8.79. The number of benzene rings is 2. The summed E-state index contributed by atoms with van der Waals surface area (Å²) in [5.74, 6) is -30.2. The van der Waals surface area contributed by atoms with Crippen LogP contribution in [0, 0.1) is 58.2 Å². The summed E-state index contributed by atoms with van der Waals surface area (Å²) in [5.41, 5.74) is 0. The number of rotatable bonds is 24. The minimum Gasteiger partial charge on any atom is -0.630 e. The molecule has 0 heterocycles. The number of hydrogen-bond acceptors (Lipinski definition) is 10. The van der Waals surface area contributed by atoms with Crippen LogP contribution in [0.15, 0.2) is 0 Å². The number of hydrogen-bond donors (Lipinski definition) is 0. The molecule has 21 heteroatoms. The summed E-state index contributed by atoms with van der Waals surface area (Å²) in [6.45, 7) is -6.68. The Labute approximate surface area is 261 Å². The lowest BCUT2D eigenvalue weighted by atomic mass is 10.0. The highest BCUT2D eigenvalue weighted by Gasteiger charge is 2.43. The van der Waals surface area contributed by atoms with Crippen molar-refractivity contribution in [2.45, 2.75) is 0 Å². The molecule has 2 aromatic rings. The maximum Gasteiger partial charge on any atom is 0.652 e. The van der Waals surface area contributed by atoms with Crippen LogP contribution in [0.3, 0.4) is 0 Å². The van der Waals surface area contributed by atoms with Crippen molar-refractivity contribution in [1.29, 1.82) is 0 Å². The van der Waals surface area contributed by atoms with Crippen LogP contribution in [-0.4, -0.2) is 100 Å². The molecule has 0 unspecified atom stereocenters. The molecule has 0 N–H and O–H groups in total. The van der Waals surface area contributed by atoms with Gasteiger partial charge in [-0.15, -0.1) is 0 Å². The van der Waals surface area contributed by atoms with Crippen LogP contribution in [-0.2, 0) is 37.7 Å². The molecule has 0 aliphatic heterocycles. The molecule has 0 aromatic heterocycles. The van der Waals surface area contributed by atoms with Gasteiger partial charge in [-0.2, -0.15) is 17.6 Å². The smallest absolute Gasteiger partial charge is 0.630 e. The van der Waals surface area contributed by atoms with Gasteiger partial charge in [0.1, 0.15) is 0 Å². The zero-order valence-corrected chi connectivity index (χ0v) is 24.9. The van der Waals surface area contributed by atoms with Gasteiger partial charge in [-0.05, 0) is 0 Å². The average Bonchev–Trinajstić information content (AvgIpc) is 3.07. The molecule has 268 valence electrons. The predicted molar refractivity (Wildman–Crippen MR) is 138 cm³/mol. The minimum absolute atomic E-state index is 0.0186. The van der Waals surface area contributed by atoms with E-state index in [0.29, 0.717) is 0 Å². The lowest BCUT2D eigenvalue weighted by Gasteiger charge is -2.41. The molecule has 0 spiro atoms. The van der Waals surface area contributed by atoms with E-state index in [2.05, 4.69) is 0 Å². The van der Waals surface area contributed by atoms with Crippen molar-refractivity contribution in [3.8, 4) is 11.5 Å². The Hall–Kier alpha value is -2.92. The van der Waals surface area contributed by atoms with Gasteiger partial charge in [0.05, 0.1) is 66.1 Å². The predicted octanol–water partition coefficient (Wildman–Crippen LogP) is 4.36. The maximum absolute atomic E-state index is 14.6. The molecular weight excluding hydrogens is 673 g/mol. The SMILES string of the molecule is COCCOCCOCCO[B-](OCCOCCOCCOC)(Oc1c(F)c(F)c(F)c(F)c1F)Oc1c(F)c(F)c(F)c(F)c1F. The van der Waals surface area contributed by atoms with Crippen molar-refractivity contribution in [1.82, 2.24) is 0 Å². The average molecular weight is 703 g/mol. The zero-order valence-electron chi connectivity index (χ0n) is 24.9. The van der Waals surface area contributed by atoms with Crippen molar-refractivity contribution in [3.63, 3.8) is 0 Å². The van der Waals surface area contributed by atoms with Crippen LogP contribution in [0.4, 0.5) is 43.9 Å². The normalized spacial score (nSPS) is 11.8. The molecule has 47 heavy (non-hydrogen) atoms. The molecule has 0 fully saturated rings. The summed E-state index contributed by atoms with van der Waals surface area (Å²) in [6.07, 6.45) is 0. The van der Waals surface area contributed by atoms with Crippen LogP contribution in [0.25, 0.3) is 0 Å². The Kier molecular flexibility index (Phi) is 17.5. The Morgan fingerprint density at radius 1 is 0.340 bits per heavy atom. The van der Waals surface area contributed by atoms with Crippen LogP contribution < -0.4 is 9.31 Å². The molecule has 0 saturated carbocycles. The van der Waals surface area contributed by atoms with Gasteiger partial charge in [-0.3, -0.25) is 0 Å². The summed E-state index contributed by atoms with van der Waals surface area (Å²) in [7, 11) is 2.86. The molecule has 0 aliphatic rings. The Morgan fingerprint density at radius 2 is 0.574 bits per heavy atom. The van der Waals surface area contributed by atoms with Gasteiger partial charge < -0.3 is 47.0 Å². The number of halogens is 10. The third-order valence-corrected chi connectivity index (χ3v) is 5.57. The standard InChI is InChI=1S/C26H30BF10O10/c1-38-3-5-40-7-9-42-11-13-44-27(45-14-12-43-10-8-41-6-4-39-2,46-25-21(34)17(30)15(28)18(31)22(25)35)47-26-23(36)19(32)16(29)20(33)24(26)37/h3-14H2,1-2H3/q-1. The van der Waals surface area contributed by atoms with E-state index in [4.69, 9.17) is 47.0 Å². The largest absolute Gasteiger partial charge is 0.652 e. The molecule has 2 aromatic carbocycles. The molecule has 0 bridgehead atoms. The van der Waals surface area contributed by atoms with Crippen molar-refractivity contribution >= 4 is 6.96 Å². The van der Waals surface area contributed by atoms with Crippen LogP contribution in [0.2, 0.25) is 0 Å². The van der Waals surface area contributed by atoms with E-state index in [1.807, 2.05) is 0 Å². The zero-order chi connectivity index (χ0) is 35.0. The van der Waals surface area contributed by atoms with Gasteiger partial charge in [0, 0.05) is 27.4 Å².